The maximum absolute atomic E-state index is 5.15. The Hall–Kier alpha value is -1.62. The van der Waals surface area contributed by atoms with E-state index in [1.807, 2.05) is 6.07 Å². The highest BCUT2D eigenvalue weighted by Crippen LogP contribution is 2.07. The molecule has 5 nitrogen and oxygen atoms in total. The van der Waals surface area contributed by atoms with Crippen LogP contribution in [0.5, 0.6) is 0 Å². The summed E-state index contributed by atoms with van der Waals surface area (Å²) in [5.74, 6) is 5.71. The van der Waals surface area contributed by atoms with Gasteiger partial charge in [0.1, 0.15) is 5.52 Å². The number of aromatic nitrogens is 3. The molecule has 0 bridgehead atoms. The van der Waals surface area contributed by atoms with E-state index in [1.165, 1.54) is 0 Å². The minimum atomic E-state index is 0.567. The summed E-state index contributed by atoms with van der Waals surface area (Å²) in [5, 5.41) is 0. The molecule has 4 N–H and O–H groups in total. The number of hydrazine groups is 1. The molecule has 0 aliphatic rings. The molecule has 56 valence electrons. The lowest BCUT2D eigenvalue weighted by molar-refractivity contribution is 1.20. The van der Waals surface area contributed by atoms with Gasteiger partial charge in [0.15, 0.2) is 11.5 Å². The molecule has 0 fully saturated rings. The van der Waals surface area contributed by atoms with Crippen molar-refractivity contribution in [2.45, 2.75) is 0 Å². The van der Waals surface area contributed by atoms with Crippen LogP contribution in [0.3, 0.4) is 0 Å². The Balaban J connectivity index is 2.67. The van der Waals surface area contributed by atoms with E-state index in [-0.39, 0.29) is 0 Å². The van der Waals surface area contributed by atoms with Crippen LogP contribution in [-0.2, 0) is 0 Å². The quantitative estimate of drug-likeness (QED) is 0.401. The van der Waals surface area contributed by atoms with Crippen molar-refractivity contribution in [2.75, 3.05) is 5.43 Å². The average Bonchev–Trinajstić information content (AvgIpc) is 2.50. The number of aromatic amines is 1. The van der Waals surface area contributed by atoms with Crippen LogP contribution in [0.2, 0.25) is 0 Å². The van der Waals surface area contributed by atoms with E-state index in [4.69, 9.17) is 5.84 Å². The summed E-state index contributed by atoms with van der Waals surface area (Å²) in [6, 6.07) is 1.84. The number of nitrogens with two attached hydrogens (primary N) is 1. The van der Waals surface area contributed by atoms with Gasteiger partial charge in [0.05, 0.1) is 6.20 Å². The van der Waals surface area contributed by atoms with Crippen LogP contribution in [0.4, 0.5) is 5.82 Å². The second-order valence-corrected chi connectivity index (χ2v) is 2.11. The van der Waals surface area contributed by atoms with E-state index in [9.17, 15) is 0 Å². The summed E-state index contributed by atoms with van der Waals surface area (Å²) in [6.45, 7) is 0. The van der Waals surface area contributed by atoms with Crippen molar-refractivity contribution >= 4 is 17.0 Å². The number of fused-ring (bicyclic) bond motifs is 1. The Bertz CT molecular complexity index is 366. The molecule has 0 spiro atoms. The minimum absolute atomic E-state index is 0.567. The minimum Gasteiger partial charge on any atom is -0.345 e. The number of nitrogen functional groups attached to an aromatic ring is 1. The van der Waals surface area contributed by atoms with E-state index in [0.717, 1.165) is 11.2 Å². The van der Waals surface area contributed by atoms with Crippen molar-refractivity contribution in [3.8, 4) is 0 Å². The van der Waals surface area contributed by atoms with Crippen molar-refractivity contribution in [1.29, 1.82) is 0 Å². The predicted molar refractivity (Wildman–Crippen MR) is 41.7 cm³/mol. The molecule has 0 saturated heterocycles. The monoisotopic (exact) mass is 149 g/mol. The normalized spacial score (nSPS) is 10.3. The lowest BCUT2D eigenvalue weighted by atomic mass is 10.5. The fourth-order valence-corrected chi connectivity index (χ4v) is 0.900. The third-order valence-corrected chi connectivity index (χ3v) is 1.41. The maximum atomic E-state index is 5.15. The molecule has 0 aliphatic carbocycles. The molecule has 0 unspecified atom stereocenters. The highest BCUT2D eigenvalue weighted by Gasteiger charge is 1.96. The van der Waals surface area contributed by atoms with Crippen LogP contribution >= 0.6 is 0 Å². The topological polar surface area (TPSA) is 79.6 Å². The first kappa shape index (κ1) is 6.11. The van der Waals surface area contributed by atoms with Gasteiger partial charge in [-0.15, -0.1) is 0 Å². The summed E-state index contributed by atoms with van der Waals surface area (Å²) >= 11 is 0. The van der Waals surface area contributed by atoms with Gasteiger partial charge in [0, 0.05) is 6.20 Å². The summed E-state index contributed by atoms with van der Waals surface area (Å²) in [6.07, 6.45) is 3.35. The molecule has 11 heavy (non-hydrogen) atoms. The highest BCUT2D eigenvalue weighted by molar-refractivity contribution is 5.71. The molecular weight excluding hydrogens is 142 g/mol. The average molecular weight is 149 g/mol. The van der Waals surface area contributed by atoms with Gasteiger partial charge in [-0.05, 0) is 6.07 Å². The Labute approximate surface area is 62.6 Å². The van der Waals surface area contributed by atoms with Gasteiger partial charge >= 0.3 is 0 Å². The molecule has 5 heteroatoms. The molecule has 0 saturated carbocycles. The summed E-state index contributed by atoms with van der Waals surface area (Å²) in [4.78, 5) is 11.1. The number of nitrogens with one attached hydrogen (secondary N) is 2. The van der Waals surface area contributed by atoms with E-state index < -0.39 is 0 Å². The van der Waals surface area contributed by atoms with Crippen molar-refractivity contribution in [3.05, 3.63) is 18.5 Å². The SMILES string of the molecule is NNc1cnc2[nH]ccc2n1. The van der Waals surface area contributed by atoms with Crippen LogP contribution in [-0.4, -0.2) is 15.0 Å². The van der Waals surface area contributed by atoms with Crippen LogP contribution in [0, 0.1) is 0 Å². The van der Waals surface area contributed by atoms with Crippen LogP contribution < -0.4 is 11.3 Å². The second-order valence-electron chi connectivity index (χ2n) is 2.11. The van der Waals surface area contributed by atoms with Gasteiger partial charge < -0.3 is 10.4 Å². The highest BCUT2D eigenvalue weighted by atomic mass is 15.3. The summed E-state index contributed by atoms with van der Waals surface area (Å²) in [5.41, 5.74) is 3.99. The van der Waals surface area contributed by atoms with Crippen molar-refractivity contribution in [1.82, 2.24) is 15.0 Å². The molecule has 0 radical (unpaired) electrons. The first-order chi connectivity index (χ1) is 5.40. The first-order valence-corrected chi connectivity index (χ1v) is 3.17. The zero-order valence-electron chi connectivity index (χ0n) is 5.70. The molecule has 0 atom stereocenters. The fourth-order valence-electron chi connectivity index (χ4n) is 0.900. The van der Waals surface area contributed by atoms with Gasteiger partial charge in [-0.25, -0.2) is 15.8 Å². The number of hydrogen-bond donors (Lipinski definition) is 3. The van der Waals surface area contributed by atoms with Gasteiger partial charge in [-0.2, -0.15) is 0 Å². The van der Waals surface area contributed by atoms with Crippen molar-refractivity contribution in [3.63, 3.8) is 0 Å². The molecule has 2 aromatic rings. The molecule has 2 rings (SSSR count). The predicted octanol–water partition coefficient (Wildman–Crippen LogP) is 0.243. The van der Waals surface area contributed by atoms with E-state index in [2.05, 4.69) is 20.4 Å². The van der Waals surface area contributed by atoms with Crippen LogP contribution in [0.25, 0.3) is 11.2 Å². The lowest BCUT2D eigenvalue weighted by Gasteiger charge is -1.95. The van der Waals surface area contributed by atoms with Crippen molar-refractivity contribution < 1.29 is 0 Å². The number of anilines is 1. The molecule has 0 aromatic carbocycles. The van der Waals surface area contributed by atoms with Crippen molar-refractivity contribution in [2.24, 2.45) is 5.84 Å². The van der Waals surface area contributed by atoms with Crippen LogP contribution in [0.15, 0.2) is 18.5 Å². The number of hydrogen-bond acceptors (Lipinski definition) is 4. The van der Waals surface area contributed by atoms with Gasteiger partial charge in [-0.1, -0.05) is 0 Å². The Kier molecular flexibility index (Phi) is 1.23. The Morgan fingerprint density at radius 2 is 2.45 bits per heavy atom. The Morgan fingerprint density at radius 1 is 1.55 bits per heavy atom. The van der Waals surface area contributed by atoms with E-state index >= 15 is 0 Å². The number of rotatable bonds is 1. The van der Waals surface area contributed by atoms with Gasteiger partial charge in [-0.3, -0.25) is 0 Å². The summed E-state index contributed by atoms with van der Waals surface area (Å²) < 4.78 is 0. The lowest BCUT2D eigenvalue weighted by Crippen LogP contribution is -2.08. The molecule has 2 aromatic heterocycles. The summed E-state index contributed by atoms with van der Waals surface area (Å²) in [7, 11) is 0. The van der Waals surface area contributed by atoms with Gasteiger partial charge in [0.2, 0.25) is 0 Å². The fraction of sp³-hybridized carbons (Fsp3) is 0. The molecule has 0 aliphatic heterocycles. The van der Waals surface area contributed by atoms with Gasteiger partial charge in [0.25, 0.3) is 0 Å². The standard InChI is InChI=1S/C6H7N5/c7-11-5-3-9-6-4(10-5)1-2-8-6/h1-3H,7H2,(H,8,9)(H,10,11). The molecular formula is C6H7N5. The molecule has 2 heterocycles. The molecule has 0 amide bonds. The largest absolute Gasteiger partial charge is 0.345 e. The number of H-pyrrole nitrogens is 1. The Morgan fingerprint density at radius 3 is 3.27 bits per heavy atom. The van der Waals surface area contributed by atoms with E-state index in [0.29, 0.717) is 5.82 Å². The third-order valence-electron chi connectivity index (χ3n) is 1.41. The third kappa shape index (κ3) is 0.908. The first-order valence-electron chi connectivity index (χ1n) is 3.17. The maximum Gasteiger partial charge on any atom is 0.159 e. The zero-order valence-corrected chi connectivity index (χ0v) is 5.70. The van der Waals surface area contributed by atoms with E-state index in [1.54, 1.807) is 12.4 Å². The number of nitrogens with zero attached hydrogens (tertiary/aromatic N) is 2. The van der Waals surface area contributed by atoms with Crippen LogP contribution in [0.1, 0.15) is 0 Å². The smallest absolute Gasteiger partial charge is 0.159 e. The second kappa shape index (κ2) is 2.21. The zero-order chi connectivity index (χ0) is 7.68.